The van der Waals surface area contributed by atoms with E-state index in [1.54, 1.807) is 23.1 Å². The lowest BCUT2D eigenvalue weighted by Gasteiger charge is -2.25. The van der Waals surface area contributed by atoms with Crippen LogP contribution >= 0.6 is 15.9 Å². The van der Waals surface area contributed by atoms with E-state index in [-0.39, 0.29) is 11.0 Å². The molecule has 0 aliphatic carbocycles. The van der Waals surface area contributed by atoms with E-state index in [0.717, 1.165) is 29.4 Å². The Labute approximate surface area is 202 Å². The molecular formula is C25H28BrN3O4. The van der Waals surface area contributed by atoms with Crippen LogP contribution in [-0.4, -0.2) is 53.1 Å². The summed E-state index contributed by atoms with van der Waals surface area (Å²) in [5.41, 5.74) is 0.255. The van der Waals surface area contributed by atoms with Crippen molar-refractivity contribution in [3.8, 4) is 5.75 Å². The van der Waals surface area contributed by atoms with Crippen LogP contribution in [0.15, 0.2) is 66.9 Å². The Balaban J connectivity index is 1.58. The third kappa shape index (κ3) is 7.18. The van der Waals surface area contributed by atoms with Crippen molar-refractivity contribution in [2.75, 3.05) is 25.0 Å². The van der Waals surface area contributed by atoms with E-state index >= 15 is 0 Å². The minimum atomic E-state index is -0.824. The zero-order chi connectivity index (χ0) is 23.5. The minimum Gasteiger partial charge on any atom is -0.491 e. The average Bonchev–Trinajstić information content (AvgIpc) is 2.86. The quantitative estimate of drug-likeness (QED) is 0.288. The van der Waals surface area contributed by atoms with Gasteiger partial charge in [-0.05, 0) is 30.0 Å². The summed E-state index contributed by atoms with van der Waals surface area (Å²) in [6.45, 7) is 3.29. The molecule has 2 aromatic carbocycles. The van der Waals surface area contributed by atoms with E-state index in [0.29, 0.717) is 19.7 Å². The summed E-state index contributed by atoms with van der Waals surface area (Å²) >= 11 is 3.30. The maximum absolute atomic E-state index is 12.9. The molecule has 0 aliphatic rings. The average molecular weight is 514 g/mol. The number of carbonyl (C=O) groups excluding carboxylic acids is 2. The maximum Gasteiger partial charge on any atom is 0.411 e. The maximum atomic E-state index is 12.9. The van der Waals surface area contributed by atoms with E-state index < -0.39 is 18.2 Å². The summed E-state index contributed by atoms with van der Waals surface area (Å²) in [7, 11) is 0. The number of alkyl halides is 1. The van der Waals surface area contributed by atoms with Crippen molar-refractivity contribution >= 4 is 38.7 Å². The number of unbranched alkanes of at least 4 members (excludes halogenated alkanes) is 1. The van der Waals surface area contributed by atoms with Crippen molar-refractivity contribution in [2.24, 2.45) is 0 Å². The van der Waals surface area contributed by atoms with Gasteiger partial charge in [0.1, 0.15) is 18.1 Å². The number of hydrogen-bond acceptors (Lipinski definition) is 5. The second-order valence-electron chi connectivity index (χ2n) is 7.38. The fourth-order valence-corrected chi connectivity index (χ4v) is 3.54. The fraction of sp³-hybridized carbons (Fsp3) is 0.320. The first-order valence-electron chi connectivity index (χ1n) is 11.0. The van der Waals surface area contributed by atoms with E-state index in [1.165, 1.54) is 6.20 Å². The third-order valence-corrected chi connectivity index (χ3v) is 5.57. The van der Waals surface area contributed by atoms with Crippen LogP contribution in [0.25, 0.3) is 10.8 Å². The summed E-state index contributed by atoms with van der Waals surface area (Å²) in [5, 5.41) is 5.06. The van der Waals surface area contributed by atoms with E-state index in [1.807, 2.05) is 42.5 Å². The second kappa shape index (κ2) is 12.8. The molecular weight excluding hydrogens is 486 g/mol. The van der Waals surface area contributed by atoms with Crippen LogP contribution in [0.4, 0.5) is 4.79 Å². The summed E-state index contributed by atoms with van der Waals surface area (Å²) < 4.78 is 11.5. The molecule has 7 nitrogen and oxygen atoms in total. The molecule has 0 bridgehead atoms. The summed E-state index contributed by atoms with van der Waals surface area (Å²) in [6.07, 6.45) is 1.98. The Morgan fingerprint density at radius 3 is 2.61 bits per heavy atom. The number of nitrogens with zero attached hydrogens (tertiary/aromatic N) is 2. The molecule has 174 valence electrons. The number of fused-ring (bicyclic) bond motifs is 1. The number of pyridine rings is 1. The Kier molecular flexibility index (Phi) is 9.50. The number of halogens is 1. The molecule has 0 fully saturated rings. The number of carbonyl (C=O) groups is 2. The van der Waals surface area contributed by atoms with E-state index in [2.05, 4.69) is 33.2 Å². The van der Waals surface area contributed by atoms with Gasteiger partial charge in [-0.25, -0.2) is 4.79 Å². The number of amides is 2. The van der Waals surface area contributed by atoms with Crippen molar-refractivity contribution in [3.63, 3.8) is 0 Å². The highest BCUT2D eigenvalue weighted by atomic mass is 79.9. The molecule has 1 N–H and O–H groups in total. The molecule has 0 saturated heterocycles. The van der Waals surface area contributed by atoms with Gasteiger partial charge in [-0.15, -0.1) is 0 Å². The molecule has 2 amide bonds. The second-order valence-corrected chi connectivity index (χ2v) is 8.03. The first-order chi connectivity index (χ1) is 16.1. The van der Waals surface area contributed by atoms with Gasteiger partial charge < -0.3 is 19.7 Å². The lowest BCUT2D eigenvalue weighted by Crippen LogP contribution is -2.44. The smallest absolute Gasteiger partial charge is 0.411 e. The molecule has 1 atom stereocenters. The highest BCUT2D eigenvalue weighted by Gasteiger charge is 2.22. The van der Waals surface area contributed by atoms with Crippen LogP contribution < -0.4 is 10.1 Å². The Hall–Kier alpha value is -3.13. The number of ether oxygens (including phenoxy) is 2. The first kappa shape index (κ1) is 24.5. The highest BCUT2D eigenvalue weighted by molar-refractivity contribution is 9.09. The molecule has 1 heterocycles. The predicted molar refractivity (Wildman–Crippen MR) is 132 cm³/mol. The molecule has 0 aliphatic heterocycles. The molecule has 3 rings (SSSR count). The van der Waals surface area contributed by atoms with Gasteiger partial charge in [0, 0.05) is 18.1 Å². The topological polar surface area (TPSA) is 80.8 Å². The Morgan fingerprint density at radius 1 is 1.06 bits per heavy atom. The van der Waals surface area contributed by atoms with Gasteiger partial charge in [0.05, 0.1) is 11.9 Å². The SMILES string of the molecule is CCCCN(CCOc1cccc2ccccc12)C(=O)OC(CBr)NC(=O)c1ccccn1. The van der Waals surface area contributed by atoms with E-state index in [9.17, 15) is 9.59 Å². The standard InChI is InChI=1S/C25H28BrN3O4/c1-2-3-15-29(16-17-32-22-13-8-10-19-9-4-5-11-20(19)22)25(31)33-23(18-26)28-24(30)21-12-6-7-14-27-21/h4-14,23H,2-3,15-18H2,1H3,(H,28,30). The lowest BCUT2D eigenvalue weighted by atomic mass is 10.1. The molecule has 0 spiro atoms. The normalized spacial score (nSPS) is 11.6. The van der Waals surface area contributed by atoms with Crippen LogP contribution in [0.5, 0.6) is 5.75 Å². The van der Waals surface area contributed by atoms with Crippen LogP contribution in [0.3, 0.4) is 0 Å². The van der Waals surface area contributed by atoms with Gasteiger partial charge in [0.15, 0.2) is 6.23 Å². The Morgan fingerprint density at radius 2 is 1.85 bits per heavy atom. The van der Waals surface area contributed by atoms with Gasteiger partial charge in [0.25, 0.3) is 5.91 Å². The molecule has 33 heavy (non-hydrogen) atoms. The van der Waals surface area contributed by atoms with Crippen molar-refractivity contribution in [2.45, 2.75) is 26.0 Å². The molecule has 0 saturated carbocycles. The van der Waals surface area contributed by atoms with Crippen LogP contribution in [0, 0.1) is 0 Å². The number of aromatic nitrogens is 1. The van der Waals surface area contributed by atoms with Gasteiger partial charge in [-0.3, -0.25) is 9.78 Å². The zero-order valence-electron chi connectivity index (χ0n) is 18.6. The zero-order valence-corrected chi connectivity index (χ0v) is 20.2. The van der Waals surface area contributed by atoms with Crippen molar-refractivity contribution in [3.05, 3.63) is 72.6 Å². The molecule has 8 heteroatoms. The minimum absolute atomic E-state index is 0.255. The number of rotatable bonds is 11. The largest absolute Gasteiger partial charge is 0.491 e. The number of benzene rings is 2. The van der Waals surface area contributed by atoms with Gasteiger partial charge in [-0.2, -0.15) is 0 Å². The van der Waals surface area contributed by atoms with Crippen LogP contribution in [0.2, 0.25) is 0 Å². The van der Waals surface area contributed by atoms with Gasteiger partial charge >= 0.3 is 6.09 Å². The lowest BCUT2D eigenvalue weighted by molar-refractivity contribution is 0.0494. The highest BCUT2D eigenvalue weighted by Crippen LogP contribution is 2.25. The number of nitrogens with one attached hydrogen (secondary N) is 1. The predicted octanol–water partition coefficient (Wildman–Crippen LogP) is 5.00. The van der Waals surface area contributed by atoms with Gasteiger partial charge in [0.2, 0.25) is 0 Å². The molecule has 0 radical (unpaired) electrons. The molecule has 1 unspecified atom stereocenters. The summed E-state index contributed by atoms with van der Waals surface area (Å²) in [5.74, 6) is 0.366. The van der Waals surface area contributed by atoms with Crippen molar-refractivity contribution in [1.82, 2.24) is 15.2 Å². The van der Waals surface area contributed by atoms with Crippen molar-refractivity contribution < 1.29 is 19.1 Å². The summed E-state index contributed by atoms with van der Waals surface area (Å²) in [6, 6.07) is 19.0. The molecule has 3 aromatic rings. The van der Waals surface area contributed by atoms with Gasteiger partial charge in [-0.1, -0.05) is 71.7 Å². The first-order valence-corrected chi connectivity index (χ1v) is 12.1. The van der Waals surface area contributed by atoms with E-state index in [4.69, 9.17) is 9.47 Å². The number of hydrogen-bond donors (Lipinski definition) is 1. The van der Waals surface area contributed by atoms with Crippen LogP contribution in [0.1, 0.15) is 30.3 Å². The molecule has 1 aromatic heterocycles. The third-order valence-electron chi connectivity index (χ3n) is 4.98. The fourth-order valence-electron chi connectivity index (χ4n) is 3.24. The summed E-state index contributed by atoms with van der Waals surface area (Å²) in [4.78, 5) is 30.8. The van der Waals surface area contributed by atoms with Crippen LogP contribution in [-0.2, 0) is 4.74 Å². The monoisotopic (exact) mass is 513 g/mol. The Bertz CT molecular complexity index is 1040. The van der Waals surface area contributed by atoms with Crippen molar-refractivity contribution in [1.29, 1.82) is 0 Å².